The number of hydrogen-bond donors (Lipinski definition) is 2. The third-order valence-corrected chi connectivity index (χ3v) is 6.20. The summed E-state index contributed by atoms with van der Waals surface area (Å²) < 4.78 is 16.3. The Morgan fingerprint density at radius 2 is 1.87 bits per heavy atom. The van der Waals surface area contributed by atoms with Crippen molar-refractivity contribution < 1.29 is 9.50 Å². The lowest BCUT2D eigenvalue weighted by Crippen LogP contribution is -2.24. The Balaban J connectivity index is 1.58. The maximum absolute atomic E-state index is 14.3. The lowest BCUT2D eigenvalue weighted by molar-refractivity contribution is 0.0980. The number of nitrogens with zero attached hydrogens (tertiary/aromatic N) is 3. The van der Waals surface area contributed by atoms with Crippen LogP contribution < -0.4 is 5.73 Å². The van der Waals surface area contributed by atoms with Crippen LogP contribution >= 0.6 is 0 Å². The Hall–Kier alpha value is -3.25. The maximum Gasteiger partial charge on any atom is 0.150 e. The van der Waals surface area contributed by atoms with E-state index in [-0.39, 0.29) is 5.56 Å². The van der Waals surface area contributed by atoms with Gasteiger partial charge in [0.2, 0.25) is 0 Å². The van der Waals surface area contributed by atoms with Gasteiger partial charge in [0.25, 0.3) is 0 Å². The van der Waals surface area contributed by atoms with Gasteiger partial charge in [0.15, 0.2) is 0 Å². The number of fused-ring (bicyclic) bond motifs is 1. The number of halogens is 1. The lowest BCUT2D eigenvalue weighted by atomic mass is 9.85. The van der Waals surface area contributed by atoms with Crippen LogP contribution in [0.1, 0.15) is 49.1 Å². The molecule has 5 rings (SSSR count). The second-order valence-corrected chi connectivity index (χ2v) is 8.11. The number of rotatable bonds is 4. The quantitative estimate of drug-likeness (QED) is 0.521. The molecule has 2 aromatic heterocycles. The molecule has 1 fully saturated rings. The van der Waals surface area contributed by atoms with E-state index < -0.39 is 11.4 Å². The summed E-state index contributed by atoms with van der Waals surface area (Å²) in [5.41, 5.74) is 8.06. The molecule has 1 atom stereocenters. The van der Waals surface area contributed by atoms with Crippen LogP contribution in [0, 0.1) is 5.82 Å². The molecule has 0 spiro atoms. The summed E-state index contributed by atoms with van der Waals surface area (Å²) in [4.78, 5) is 9.18. The van der Waals surface area contributed by atoms with E-state index in [4.69, 9.17) is 10.7 Å². The Morgan fingerprint density at radius 3 is 2.53 bits per heavy atom. The van der Waals surface area contributed by atoms with Crippen LogP contribution in [0.2, 0.25) is 0 Å². The number of benzene rings is 2. The molecule has 0 radical (unpaired) electrons. The van der Waals surface area contributed by atoms with Crippen molar-refractivity contribution in [1.82, 2.24) is 14.4 Å². The summed E-state index contributed by atoms with van der Waals surface area (Å²) in [6.07, 6.45) is 7.09. The predicted molar refractivity (Wildman–Crippen MR) is 115 cm³/mol. The van der Waals surface area contributed by atoms with Gasteiger partial charge < -0.3 is 10.8 Å². The minimum absolute atomic E-state index is 0.242. The molecule has 0 saturated heterocycles. The Morgan fingerprint density at radius 1 is 1.13 bits per heavy atom. The molecule has 0 bridgehead atoms. The van der Waals surface area contributed by atoms with Crippen molar-refractivity contribution in [2.45, 2.75) is 37.7 Å². The van der Waals surface area contributed by atoms with Gasteiger partial charge in [0.05, 0.1) is 0 Å². The molecule has 2 aromatic carbocycles. The SMILES string of the molecule is CC(O)(c1ccc(-c2nc(C3CCC3)n3ccnc(N)c23)cc1)c1ccccc1F. The number of nitrogen functional groups attached to an aromatic ring is 1. The van der Waals surface area contributed by atoms with E-state index in [1.54, 1.807) is 31.3 Å². The highest BCUT2D eigenvalue weighted by Crippen LogP contribution is 2.39. The first-order valence-electron chi connectivity index (χ1n) is 10.2. The summed E-state index contributed by atoms with van der Waals surface area (Å²) in [6.45, 7) is 1.60. The van der Waals surface area contributed by atoms with Crippen LogP contribution in [0.5, 0.6) is 0 Å². The molecule has 6 heteroatoms. The molecule has 1 aliphatic carbocycles. The molecular weight excluding hydrogens is 379 g/mol. The zero-order valence-corrected chi connectivity index (χ0v) is 16.7. The van der Waals surface area contributed by atoms with E-state index in [1.807, 2.05) is 34.9 Å². The van der Waals surface area contributed by atoms with Crippen LogP contribution in [0.3, 0.4) is 0 Å². The largest absolute Gasteiger partial charge is 0.382 e. The van der Waals surface area contributed by atoms with Crippen LogP contribution in [0.15, 0.2) is 60.9 Å². The van der Waals surface area contributed by atoms with Gasteiger partial charge >= 0.3 is 0 Å². The maximum atomic E-state index is 14.3. The minimum Gasteiger partial charge on any atom is -0.382 e. The number of hydrogen-bond acceptors (Lipinski definition) is 4. The third kappa shape index (κ3) is 2.87. The number of aromatic nitrogens is 3. The first kappa shape index (κ1) is 18.8. The van der Waals surface area contributed by atoms with Gasteiger partial charge in [-0.25, -0.2) is 14.4 Å². The van der Waals surface area contributed by atoms with E-state index in [1.165, 1.54) is 12.5 Å². The fourth-order valence-electron chi connectivity index (χ4n) is 4.21. The molecule has 1 saturated carbocycles. The number of aliphatic hydroxyl groups is 1. The van der Waals surface area contributed by atoms with Gasteiger partial charge in [-0.15, -0.1) is 0 Å². The number of imidazole rings is 1. The molecule has 2 heterocycles. The van der Waals surface area contributed by atoms with Crippen molar-refractivity contribution in [3.63, 3.8) is 0 Å². The normalized spacial score (nSPS) is 16.4. The molecule has 3 N–H and O–H groups in total. The van der Waals surface area contributed by atoms with Crippen molar-refractivity contribution >= 4 is 11.3 Å². The van der Waals surface area contributed by atoms with Gasteiger partial charge in [-0.3, -0.25) is 4.40 Å². The summed E-state index contributed by atoms with van der Waals surface area (Å²) in [7, 11) is 0. The zero-order valence-electron chi connectivity index (χ0n) is 16.7. The van der Waals surface area contributed by atoms with Crippen molar-refractivity contribution in [3.8, 4) is 11.3 Å². The average molecular weight is 402 g/mol. The van der Waals surface area contributed by atoms with Gasteiger partial charge in [-0.2, -0.15) is 0 Å². The predicted octanol–water partition coefficient (Wildman–Crippen LogP) is 4.64. The van der Waals surface area contributed by atoms with E-state index in [9.17, 15) is 9.50 Å². The summed E-state index contributed by atoms with van der Waals surface area (Å²) >= 11 is 0. The van der Waals surface area contributed by atoms with Crippen LogP contribution in [0.4, 0.5) is 10.2 Å². The molecule has 1 aliphatic rings. The monoisotopic (exact) mass is 402 g/mol. The number of anilines is 1. The van der Waals surface area contributed by atoms with E-state index in [0.29, 0.717) is 17.3 Å². The van der Waals surface area contributed by atoms with Crippen molar-refractivity contribution in [2.24, 2.45) is 0 Å². The highest BCUT2D eigenvalue weighted by molar-refractivity contribution is 5.85. The summed E-state index contributed by atoms with van der Waals surface area (Å²) in [5.74, 6) is 1.46. The van der Waals surface area contributed by atoms with Crippen LogP contribution in [-0.2, 0) is 5.60 Å². The molecule has 152 valence electrons. The fourth-order valence-corrected chi connectivity index (χ4v) is 4.21. The second kappa shape index (κ2) is 6.92. The van der Waals surface area contributed by atoms with Gasteiger partial charge in [-0.05, 0) is 31.4 Å². The average Bonchev–Trinajstić information content (AvgIpc) is 3.08. The highest BCUT2D eigenvalue weighted by atomic mass is 19.1. The topological polar surface area (TPSA) is 76.4 Å². The Labute approximate surface area is 174 Å². The van der Waals surface area contributed by atoms with Gasteiger partial charge in [0, 0.05) is 29.4 Å². The number of nitrogens with two attached hydrogens (primary N) is 1. The minimum atomic E-state index is -1.45. The Kier molecular flexibility index (Phi) is 4.33. The first-order valence-corrected chi connectivity index (χ1v) is 10.2. The molecule has 1 unspecified atom stereocenters. The lowest BCUT2D eigenvalue weighted by Gasteiger charge is -2.25. The molecule has 4 aromatic rings. The second-order valence-electron chi connectivity index (χ2n) is 8.11. The van der Waals surface area contributed by atoms with E-state index in [2.05, 4.69) is 4.98 Å². The van der Waals surface area contributed by atoms with Crippen molar-refractivity contribution in [1.29, 1.82) is 0 Å². The van der Waals surface area contributed by atoms with E-state index >= 15 is 0 Å². The van der Waals surface area contributed by atoms with Crippen LogP contribution in [-0.4, -0.2) is 19.5 Å². The summed E-state index contributed by atoms with van der Waals surface area (Å²) in [5, 5.41) is 11.0. The third-order valence-electron chi connectivity index (χ3n) is 6.20. The molecular formula is C24H23FN4O. The summed E-state index contributed by atoms with van der Waals surface area (Å²) in [6, 6.07) is 13.7. The Bertz CT molecular complexity index is 1230. The van der Waals surface area contributed by atoms with Gasteiger partial charge in [0.1, 0.15) is 34.3 Å². The van der Waals surface area contributed by atoms with Crippen molar-refractivity contribution in [3.05, 3.63) is 83.7 Å². The molecule has 0 amide bonds. The molecule has 30 heavy (non-hydrogen) atoms. The highest BCUT2D eigenvalue weighted by Gasteiger charge is 2.29. The first-order chi connectivity index (χ1) is 14.5. The van der Waals surface area contributed by atoms with E-state index in [0.717, 1.165) is 35.4 Å². The fraction of sp³-hybridized carbons (Fsp3) is 0.250. The molecule has 0 aliphatic heterocycles. The molecule has 5 nitrogen and oxygen atoms in total. The van der Waals surface area contributed by atoms with Gasteiger partial charge in [-0.1, -0.05) is 48.9 Å². The van der Waals surface area contributed by atoms with Crippen molar-refractivity contribution in [2.75, 3.05) is 5.73 Å². The standard InChI is InChI=1S/C24H23FN4O/c1-24(30,18-7-2-3-8-19(18)25)17-11-9-15(10-12-17)20-21-22(26)27-13-14-29(21)23(28-20)16-5-4-6-16/h2-3,7-14,16,30H,4-6H2,1H3,(H2,26,27). The zero-order chi connectivity index (χ0) is 20.9. The smallest absolute Gasteiger partial charge is 0.150 e. The van der Waals surface area contributed by atoms with Crippen LogP contribution in [0.25, 0.3) is 16.8 Å².